The quantitative estimate of drug-likeness (QED) is 0.655. The zero-order valence-electron chi connectivity index (χ0n) is 14.6. The van der Waals surface area contributed by atoms with Crippen molar-refractivity contribution in [1.29, 1.82) is 0 Å². The van der Waals surface area contributed by atoms with Crippen LogP contribution in [0.15, 0.2) is 12.1 Å². The number of nitrogens with zero attached hydrogens (tertiary/aromatic N) is 1. The summed E-state index contributed by atoms with van der Waals surface area (Å²) in [6.45, 7) is 7.53. The van der Waals surface area contributed by atoms with E-state index in [1.807, 2.05) is 12.1 Å². The molecule has 0 aromatic carbocycles. The van der Waals surface area contributed by atoms with Crippen LogP contribution in [-0.4, -0.2) is 70.1 Å². The predicted molar refractivity (Wildman–Crippen MR) is 95.1 cm³/mol. The van der Waals surface area contributed by atoms with Gasteiger partial charge in [0.1, 0.15) is 11.5 Å². The molecule has 0 N–H and O–H groups in total. The Morgan fingerprint density at radius 1 is 1.16 bits per heavy atom. The molecular weight excluding hydrogens is 342 g/mol. The highest BCUT2D eigenvalue weighted by Gasteiger charge is 2.15. The molecule has 2 aliphatic rings. The van der Waals surface area contributed by atoms with E-state index in [1.54, 1.807) is 0 Å². The van der Waals surface area contributed by atoms with Crippen molar-refractivity contribution in [3.8, 4) is 0 Å². The van der Waals surface area contributed by atoms with Crippen molar-refractivity contribution in [2.75, 3.05) is 59.3 Å². The van der Waals surface area contributed by atoms with Crippen LogP contribution < -0.4 is 0 Å². The number of morpholine rings is 1. The molecule has 2 fully saturated rings. The summed E-state index contributed by atoms with van der Waals surface area (Å²) in [6, 6.07) is 3.78. The lowest BCUT2D eigenvalue weighted by Gasteiger charge is -2.26. The lowest BCUT2D eigenvalue weighted by Crippen LogP contribution is -2.38. The van der Waals surface area contributed by atoms with Gasteiger partial charge in [0.25, 0.3) is 0 Å². The van der Waals surface area contributed by atoms with Crippen LogP contribution in [0.25, 0.3) is 0 Å². The van der Waals surface area contributed by atoms with Crippen LogP contribution in [0.2, 0.25) is 0 Å². The maximum Gasteiger partial charge on any atom is 0.348 e. The van der Waals surface area contributed by atoms with Crippen molar-refractivity contribution >= 4 is 17.3 Å². The molecule has 7 heteroatoms. The normalized spacial score (nSPS) is 19.8. The molecule has 2 aliphatic heterocycles. The SMILES string of the molecule is O=C(OCCN1CCOCC1)c1ccc(COCC2CCOCC2)s1. The second kappa shape index (κ2) is 10.2. The Hall–Kier alpha value is -0.990. The average Bonchev–Trinajstić information content (AvgIpc) is 3.12. The Labute approximate surface area is 153 Å². The molecule has 25 heavy (non-hydrogen) atoms. The molecule has 1 aromatic heterocycles. The highest BCUT2D eigenvalue weighted by Crippen LogP contribution is 2.20. The van der Waals surface area contributed by atoms with E-state index in [9.17, 15) is 4.79 Å². The molecule has 0 spiro atoms. The molecule has 1 aromatic rings. The van der Waals surface area contributed by atoms with E-state index >= 15 is 0 Å². The summed E-state index contributed by atoms with van der Waals surface area (Å²) >= 11 is 1.46. The van der Waals surface area contributed by atoms with E-state index in [0.29, 0.717) is 24.0 Å². The summed E-state index contributed by atoms with van der Waals surface area (Å²) in [6.07, 6.45) is 2.15. The Bertz CT molecular complexity index is 523. The van der Waals surface area contributed by atoms with Crippen LogP contribution >= 0.6 is 11.3 Å². The highest BCUT2D eigenvalue weighted by atomic mass is 32.1. The molecule has 2 saturated heterocycles. The lowest BCUT2D eigenvalue weighted by atomic mass is 10.0. The number of thiophene rings is 1. The van der Waals surface area contributed by atoms with Crippen molar-refractivity contribution in [2.24, 2.45) is 5.92 Å². The number of carbonyl (C=O) groups is 1. The van der Waals surface area contributed by atoms with Gasteiger partial charge in [-0.1, -0.05) is 0 Å². The largest absolute Gasteiger partial charge is 0.460 e. The van der Waals surface area contributed by atoms with Gasteiger partial charge in [0.05, 0.1) is 26.4 Å². The van der Waals surface area contributed by atoms with Gasteiger partial charge >= 0.3 is 5.97 Å². The van der Waals surface area contributed by atoms with Crippen molar-refractivity contribution in [2.45, 2.75) is 19.4 Å². The Morgan fingerprint density at radius 3 is 2.72 bits per heavy atom. The fraction of sp³-hybridized carbons (Fsp3) is 0.722. The third kappa shape index (κ3) is 6.34. The first-order valence-corrected chi connectivity index (χ1v) is 9.84. The summed E-state index contributed by atoms with van der Waals surface area (Å²) in [5.41, 5.74) is 0. The molecule has 3 heterocycles. The number of rotatable bonds is 8. The molecule has 0 unspecified atom stereocenters. The van der Waals surface area contributed by atoms with E-state index in [0.717, 1.165) is 70.4 Å². The standard InChI is InChI=1S/C18H27NO5S/c20-18(24-12-7-19-5-10-22-11-6-19)17-2-1-16(25-17)14-23-13-15-3-8-21-9-4-15/h1-2,15H,3-14H2. The van der Waals surface area contributed by atoms with E-state index < -0.39 is 0 Å². The zero-order valence-corrected chi connectivity index (χ0v) is 15.4. The van der Waals surface area contributed by atoms with Gasteiger partial charge in [0.15, 0.2) is 0 Å². The lowest BCUT2D eigenvalue weighted by molar-refractivity contribution is 0.0163. The average molecular weight is 369 g/mol. The van der Waals surface area contributed by atoms with Gasteiger partial charge in [-0.2, -0.15) is 0 Å². The fourth-order valence-electron chi connectivity index (χ4n) is 2.97. The van der Waals surface area contributed by atoms with E-state index in [4.69, 9.17) is 18.9 Å². The molecule has 0 bridgehead atoms. The number of esters is 1. The van der Waals surface area contributed by atoms with Crippen molar-refractivity contribution in [1.82, 2.24) is 4.90 Å². The maximum absolute atomic E-state index is 12.1. The minimum absolute atomic E-state index is 0.242. The number of ether oxygens (including phenoxy) is 4. The van der Waals surface area contributed by atoms with Crippen molar-refractivity contribution < 1.29 is 23.7 Å². The van der Waals surface area contributed by atoms with E-state index in [1.165, 1.54) is 11.3 Å². The van der Waals surface area contributed by atoms with Gasteiger partial charge in [-0.05, 0) is 30.9 Å². The third-order valence-corrected chi connectivity index (χ3v) is 5.58. The molecule has 0 amide bonds. The van der Waals surface area contributed by atoms with Crippen molar-refractivity contribution in [3.63, 3.8) is 0 Å². The van der Waals surface area contributed by atoms with Crippen LogP contribution in [0.5, 0.6) is 0 Å². The Kier molecular flexibility index (Phi) is 7.69. The van der Waals surface area contributed by atoms with Crippen LogP contribution in [0.4, 0.5) is 0 Å². The molecule has 3 rings (SSSR count). The molecule has 0 aliphatic carbocycles. The number of hydrogen-bond donors (Lipinski definition) is 0. The van der Waals surface area contributed by atoms with Gasteiger partial charge in [-0.15, -0.1) is 11.3 Å². The first-order valence-electron chi connectivity index (χ1n) is 9.02. The van der Waals surface area contributed by atoms with Gasteiger partial charge < -0.3 is 18.9 Å². The predicted octanol–water partition coefficient (Wildman–Crippen LogP) is 2.18. The van der Waals surface area contributed by atoms with Crippen LogP contribution in [0.1, 0.15) is 27.4 Å². The van der Waals surface area contributed by atoms with E-state index in [2.05, 4.69) is 4.90 Å². The molecule has 0 atom stereocenters. The van der Waals surface area contributed by atoms with Crippen LogP contribution in [0.3, 0.4) is 0 Å². The molecule has 140 valence electrons. The summed E-state index contributed by atoms with van der Waals surface area (Å²) in [5, 5.41) is 0. The maximum atomic E-state index is 12.1. The topological polar surface area (TPSA) is 57.2 Å². The first kappa shape index (κ1) is 18.8. The second-order valence-corrected chi connectivity index (χ2v) is 7.60. The Balaban J connectivity index is 1.33. The minimum atomic E-state index is -0.242. The van der Waals surface area contributed by atoms with Gasteiger partial charge in [-0.3, -0.25) is 4.90 Å². The summed E-state index contributed by atoms with van der Waals surface area (Å²) in [4.78, 5) is 16.1. The third-order valence-electron chi connectivity index (χ3n) is 4.55. The number of hydrogen-bond acceptors (Lipinski definition) is 7. The zero-order chi connectivity index (χ0) is 17.3. The summed E-state index contributed by atoms with van der Waals surface area (Å²) in [5.74, 6) is 0.354. The smallest absolute Gasteiger partial charge is 0.348 e. The Morgan fingerprint density at radius 2 is 1.92 bits per heavy atom. The van der Waals surface area contributed by atoms with Crippen LogP contribution in [0, 0.1) is 5.92 Å². The van der Waals surface area contributed by atoms with Crippen molar-refractivity contribution in [3.05, 3.63) is 21.9 Å². The molecule has 0 radical (unpaired) electrons. The monoisotopic (exact) mass is 369 g/mol. The summed E-state index contributed by atoms with van der Waals surface area (Å²) in [7, 11) is 0. The highest BCUT2D eigenvalue weighted by molar-refractivity contribution is 7.13. The second-order valence-electron chi connectivity index (χ2n) is 6.43. The van der Waals surface area contributed by atoms with E-state index in [-0.39, 0.29) is 5.97 Å². The summed E-state index contributed by atoms with van der Waals surface area (Å²) < 4.78 is 21.8. The van der Waals surface area contributed by atoms with Gasteiger partial charge in [0, 0.05) is 37.7 Å². The fourth-order valence-corrected chi connectivity index (χ4v) is 3.81. The number of carbonyl (C=O) groups excluding carboxylic acids is 1. The van der Waals surface area contributed by atoms with Gasteiger partial charge in [0.2, 0.25) is 0 Å². The van der Waals surface area contributed by atoms with Crippen LogP contribution in [-0.2, 0) is 25.6 Å². The first-order chi connectivity index (χ1) is 12.3. The molecular formula is C18H27NO5S. The minimum Gasteiger partial charge on any atom is -0.460 e. The molecule has 6 nitrogen and oxygen atoms in total. The van der Waals surface area contributed by atoms with Gasteiger partial charge in [-0.25, -0.2) is 4.79 Å². The molecule has 0 saturated carbocycles.